The molecule has 0 spiro atoms. The van der Waals surface area contributed by atoms with Crippen LogP contribution in [0.1, 0.15) is 52.4 Å². The quantitative estimate of drug-likeness (QED) is 0.780. The summed E-state index contributed by atoms with van der Waals surface area (Å²) in [5, 5.41) is 9.03. The second-order valence-electron chi connectivity index (χ2n) is 5.06. The molecule has 0 aliphatic heterocycles. The van der Waals surface area contributed by atoms with Crippen molar-refractivity contribution in [3.05, 3.63) is 0 Å². The van der Waals surface area contributed by atoms with E-state index in [4.69, 9.17) is 5.11 Å². The molecule has 3 heteroatoms. The molecule has 1 aliphatic rings. The highest BCUT2D eigenvalue weighted by atomic mass is 16.4. The monoisotopic (exact) mass is 213 g/mol. The van der Waals surface area contributed by atoms with Gasteiger partial charge in [0.25, 0.3) is 0 Å². The molecule has 0 atom stereocenters. The number of aliphatic carboxylic acids is 1. The number of hydrogen-bond acceptors (Lipinski definition) is 2. The third kappa shape index (κ3) is 2.94. The Hall–Kier alpha value is -0.570. The zero-order valence-electron chi connectivity index (χ0n) is 10.1. The number of carbonyl (C=O) groups is 1. The molecule has 1 N–H and O–H groups in total. The first kappa shape index (κ1) is 12.5. The molecule has 1 saturated carbocycles. The van der Waals surface area contributed by atoms with Crippen LogP contribution < -0.4 is 0 Å². The number of rotatable bonds is 4. The zero-order chi connectivity index (χ0) is 11.5. The molecule has 0 saturated heterocycles. The van der Waals surface area contributed by atoms with E-state index < -0.39 is 5.97 Å². The molecule has 0 heterocycles. The Balaban J connectivity index is 2.78. The molecule has 15 heavy (non-hydrogen) atoms. The van der Waals surface area contributed by atoms with Crippen LogP contribution in [0, 0.1) is 0 Å². The Labute approximate surface area is 92.5 Å². The maximum absolute atomic E-state index is 11.0. The lowest BCUT2D eigenvalue weighted by molar-refractivity contribution is -0.141. The maximum atomic E-state index is 11.0. The second-order valence-corrected chi connectivity index (χ2v) is 5.06. The van der Waals surface area contributed by atoms with Crippen LogP contribution in [0.4, 0.5) is 0 Å². The summed E-state index contributed by atoms with van der Waals surface area (Å²) in [4.78, 5) is 13.2. The van der Waals surface area contributed by atoms with Crippen LogP contribution >= 0.6 is 0 Å². The van der Waals surface area contributed by atoms with Crippen molar-refractivity contribution in [3.63, 3.8) is 0 Å². The Morgan fingerprint density at radius 2 is 1.87 bits per heavy atom. The van der Waals surface area contributed by atoms with Crippen molar-refractivity contribution in [2.24, 2.45) is 0 Å². The van der Waals surface area contributed by atoms with Crippen LogP contribution in [-0.4, -0.2) is 34.6 Å². The summed E-state index contributed by atoms with van der Waals surface area (Å²) in [6.45, 7) is 4.27. The van der Waals surface area contributed by atoms with Crippen LogP contribution in [0.2, 0.25) is 0 Å². The molecular formula is C12H23NO2. The number of carboxylic acid groups (broad SMARTS) is 1. The van der Waals surface area contributed by atoms with Gasteiger partial charge in [-0.2, -0.15) is 0 Å². The van der Waals surface area contributed by atoms with E-state index in [-0.39, 0.29) is 5.54 Å². The highest BCUT2D eigenvalue weighted by Crippen LogP contribution is 2.36. The molecule has 0 aromatic rings. The standard InChI is InChI=1S/C12H23NO2/c1-10(2)13(3)12(9-11(14)15)7-5-4-6-8-12/h10H,4-9H2,1-3H3,(H,14,15). The summed E-state index contributed by atoms with van der Waals surface area (Å²) in [6.07, 6.45) is 5.96. The van der Waals surface area contributed by atoms with Gasteiger partial charge in [-0.05, 0) is 33.7 Å². The molecule has 1 rings (SSSR count). The van der Waals surface area contributed by atoms with Crippen LogP contribution in [-0.2, 0) is 4.79 Å². The average molecular weight is 213 g/mol. The van der Waals surface area contributed by atoms with Crippen molar-refractivity contribution in [3.8, 4) is 0 Å². The minimum Gasteiger partial charge on any atom is -0.481 e. The van der Waals surface area contributed by atoms with Gasteiger partial charge in [-0.3, -0.25) is 9.69 Å². The number of carboxylic acids is 1. The van der Waals surface area contributed by atoms with Crippen LogP contribution in [0.15, 0.2) is 0 Å². The summed E-state index contributed by atoms with van der Waals surface area (Å²) in [7, 11) is 2.07. The van der Waals surface area contributed by atoms with Gasteiger partial charge in [0.05, 0.1) is 6.42 Å². The summed E-state index contributed by atoms with van der Waals surface area (Å²) in [6, 6.07) is 0.419. The largest absolute Gasteiger partial charge is 0.481 e. The van der Waals surface area contributed by atoms with Gasteiger partial charge in [-0.1, -0.05) is 19.3 Å². The third-order valence-electron chi connectivity index (χ3n) is 3.79. The molecule has 0 aromatic carbocycles. The van der Waals surface area contributed by atoms with Crippen molar-refractivity contribution < 1.29 is 9.90 Å². The smallest absolute Gasteiger partial charge is 0.305 e. The highest BCUT2D eigenvalue weighted by Gasteiger charge is 2.38. The molecule has 1 fully saturated rings. The normalized spacial score (nSPS) is 20.9. The molecule has 3 nitrogen and oxygen atoms in total. The fourth-order valence-electron chi connectivity index (χ4n) is 2.69. The van der Waals surface area contributed by atoms with Gasteiger partial charge >= 0.3 is 5.97 Å². The average Bonchev–Trinajstić information content (AvgIpc) is 2.16. The molecule has 0 unspecified atom stereocenters. The second kappa shape index (κ2) is 4.97. The van der Waals surface area contributed by atoms with Gasteiger partial charge in [-0.25, -0.2) is 0 Å². The van der Waals surface area contributed by atoms with Crippen LogP contribution in [0.25, 0.3) is 0 Å². The van der Waals surface area contributed by atoms with Crippen molar-refractivity contribution in [1.29, 1.82) is 0 Å². The van der Waals surface area contributed by atoms with Gasteiger partial charge in [0.15, 0.2) is 0 Å². The lowest BCUT2D eigenvalue weighted by Crippen LogP contribution is -2.52. The fourth-order valence-corrected chi connectivity index (χ4v) is 2.69. The lowest BCUT2D eigenvalue weighted by atomic mass is 9.77. The zero-order valence-corrected chi connectivity index (χ0v) is 10.1. The van der Waals surface area contributed by atoms with E-state index in [9.17, 15) is 4.79 Å². The molecular weight excluding hydrogens is 190 g/mol. The first-order valence-corrected chi connectivity index (χ1v) is 5.93. The predicted molar refractivity (Wildman–Crippen MR) is 61.0 cm³/mol. The first-order valence-electron chi connectivity index (χ1n) is 5.93. The number of hydrogen-bond donors (Lipinski definition) is 1. The van der Waals surface area contributed by atoms with E-state index in [1.54, 1.807) is 0 Å². The Kier molecular flexibility index (Phi) is 4.14. The lowest BCUT2D eigenvalue weighted by Gasteiger charge is -2.46. The molecule has 88 valence electrons. The van der Waals surface area contributed by atoms with Crippen molar-refractivity contribution in [2.45, 2.75) is 64.0 Å². The van der Waals surface area contributed by atoms with Gasteiger partial charge in [-0.15, -0.1) is 0 Å². The SMILES string of the molecule is CC(C)N(C)C1(CC(=O)O)CCCCC1. The summed E-state index contributed by atoms with van der Waals surface area (Å²) >= 11 is 0. The first-order chi connectivity index (χ1) is 6.98. The van der Waals surface area contributed by atoms with E-state index in [1.165, 1.54) is 19.3 Å². The third-order valence-corrected chi connectivity index (χ3v) is 3.79. The Bertz CT molecular complexity index is 220. The summed E-state index contributed by atoms with van der Waals surface area (Å²) in [5.74, 6) is -0.663. The van der Waals surface area contributed by atoms with Crippen LogP contribution in [0.5, 0.6) is 0 Å². The minimum atomic E-state index is -0.663. The van der Waals surface area contributed by atoms with E-state index in [0.717, 1.165) is 12.8 Å². The molecule has 0 aromatic heterocycles. The van der Waals surface area contributed by atoms with Crippen LogP contribution in [0.3, 0.4) is 0 Å². The fraction of sp³-hybridized carbons (Fsp3) is 0.917. The van der Waals surface area contributed by atoms with Crippen molar-refractivity contribution in [1.82, 2.24) is 4.90 Å². The van der Waals surface area contributed by atoms with Crippen molar-refractivity contribution in [2.75, 3.05) is 7.05 Å². The van der Waals surface area contributed by atoms with E-state index in [2.05, 4.69) is 25.8 Å². The predicted octanol–water partition coefficient (Wildman–Crippen LogP) is 2.50. The molecule has 0 radical (unpaired) electrons. The topological polar surface area (TPSA) is 40.5 Å². The van der Waals surface area contributed by atoms with Gasteiger partial charge in [0.1, 0.15) is 0 Å². The minimum absolute atomic E-state index is 0.0851. The van der Waals surface area contributed by atoms with E-state index in [1.807, 2.05) is 0 Å². The summed E-state index contributed by atoms with van der Waals surface area (Å²) < 4.78 is 0. The Morgan fingerprint density at radius 3 is 2.27 bits per heavy atom. The molecule has 1 aliphatic carbocycles. The van der Waals surface area contributed by atoms with Gasteiger partial charge < -0.3 is 5.11 Å². The highest BCUT2D eigenvalue weighted by molar-refractivity contribution is 5.68. The summed E-state index contributed by atoms with van der Waals surface area (Å²) in [5.41, 5.74) is -0.0851. The Morgan fingerprint density at radius 1 is 1.33 bits per heavy atom. The molecule has 0 bridgehead atoms. The molecule has 0 amide bonds. The number of nitrogens with zero attached hydrogens (tertiary/aromatic N) is 1. The van der Waals surface area contributed by atoms with Gasteiger partial charge in [0.2, 0.25) is 0 Å². The van der Waals surface area contributed by atoms with Gasteiger partial charge in [0, 0.05) is 11.6 Å². The van der Waals surface area contributed by atoms with E-state index >= 15 is 0 Å². The van der Waals surface area contributed by atoms with E-state index in [0.29, 0.717) is 12.5 Å². The maximum Gasteiger partial charge on any atom is 0.305 e. The van der Waals surface area contributed by atoms with Crippen molar-refractivity contribution >= 4 is 5.97 Å².